The maximum Gasteiger partial charge on any atom is 0.0997 e. The molecule has 0 radical (unpaired) electrons. The van der Waals surface area contributed by atoms with Crippen LogP contribution >= 0.6 is 0 Å². The maximum absolute atomic E-state index is 8.55. The van der Waals surface area contributed by atoms with Crippen molar-refractivity contribution >= 4 is 6.08 Å². The minimum Gasteiger partial charge on any atom is -0.193 e. The summed E-state index contributed by atoms with van der Waals surface area (Å²) in [5.74, 6) is 0. The van der Waals surface area contributed by atoms with Crippen LogP contribution in [0.3, 0.4) is 0 Å². The zero-order chi connectivity index (χ0) is 10.8. The van der Waals surface area contributed by atoms with Crippen LogP contribution in [-0.2, 0) is 0 Å². The van der Waals surface area contributed by atoms with Crippen molar-refractivity contribution in [2.24, 2.45) is 0 Å². The number of allylic oxidation sites excluding steroid dienone is 1. The minimum absolute atomic E-state index is 0.678. The number of nitriles is 2. The Morgan fingerprint density at radius 1 is 1.14 bits per heavy atom. The molecule has 2 heteroatoms. The van der Waals surface area contributed by atoms with Crippen LogP contribution in [0.1, 0.15) is 11.1 Å². The molecule has 1 rings (SSSR count). The van der Waals surface area contributed by atoms with Crippen molar-refractivity contribution in [2.45, 2.75) is 0 Å². The van der Waals surface area contributed by atoms with E-state index in [0.717, 1.165) is 5.56 Å². The first kappa shape index (κ1) is 11.7. The van der Waals surface area contributed by atoms with E-state index in [4.69, 9.17) is 10.5 Å². The van der Waals surface area contributed by atoms with Crippen LogP contribution in [0.15, 0.2) is 43.5 Å². The molecule has 0 bridgehead atoms. The highest BCUT2D eigenvalue weighted by Crippen LogP contribution is 2.07. The van der Waals surface area contributed by atoms with Crippen LogP contribution in [0.2, 0.25) is 0 Å². The fourth-order valence-electron chi connectivity index (χ4n) is 0.777. The fraction of sp³-hybridized carbons (Fsp3) is 0. The lowest BCUT2D eigenvalue weighted by Crippen LogP contribution is -1.77. The molecule has 0 aromatic heterocycles. The molecule has 0 aliphatic heterocycles. The van der Waals surface area contributed by atoms with Gasteiger partial charge in [0, 0.05) is 6.08 Å². The smallest absolute Gasteiger partial charge is 0.0997 e. The topological polar surface area (TPSA) is 47.6 Å². The minimum atomic E-state index is 0.678. The molecule has 0 saturated heterocycles. The van der Waals surface area contributed by atoms with Crippen LogP contribution in [0.25, 0.3) is 6.08 Å². The van der Waals surface area contributed by atoms with Gasteiger partial charge in [-0.15, -0.1) is 0 Å². The van der Waals surface area contributed by atoms with E-state index >= 15 is 0 Å². The Balaban J connectivity index is 0.000000364. The van der Waals surface area contributed by atoms with Crippen LogP contribution in [0.4, 0.5) is 0 Å². The van der Waals surface area contributed by atoms with Gasteiger partial charge in [0.05, 0.1) is 17.7 Å². The standard InChI is InChI=1S/C9H7N.C3H3N/c1-2-8-5-3-4-6-9(8)7-10;1-2-3-4/h2-6H,1H2;2H,1H2. The third-order valence-corrected chi connectivity index (χ3v) is 1.39. The monoisotopic (exact) mass is 182 g/mol. The second-order valence-electron chi connectivity index (χ2n) is 2.24. The lowest BCUT2D eigenvalue weighted by Gasteiger charge is -1.92. The van der Waals surface area contributed by atoms with Gasteiger partial charge in [-0.25, -0.2) is 0 Å². The number of nitrogens with zero attached hydrogens (tertiary/aromatic N) is 2. The molecule has 0 aliphatic rings. The zero-order valence-electron chi connectivity index (χ0n) is 7.77. The first-order chi connectivity index (χ1) is 6.79. The van der Waals surface area contributed by atoms with Gasteiger partial charge in [0.1, 0.15) is 0 Å². The molecule has 68 valence electrons. The van der Waals surface area contributed by atoms with E-state index in [1.165, 1.54) is 6.08 Å². The highest BCUT2D eigenvalue weighted by Gasteiger charge is 1.92. The molecule has 2 nitrogen and oxygen atoms in total. The summed E-state index contributed by atoms with van der Waals surface area (Å²) >= 11 is 0. The molecule has 0 heterocycles. The predicted octanol–water partition coefficient (Wildman–Crippen LogP) is 2.90. The van der Waals surface area contributed by atoms with Crippen molar-refractivity contribution in [2.75, 3.05) is 0 Å². The molecule has 1 aromatic rings. The predicted molar refractivity (Wildman–Crippen MR) is 57.1 cm³/mol. The summed E-state index contributed by atoms with van der Waals surface area (Å²) in [5.41, 5.74) is 1.57. The van der Waals surface area contributed by atoms with Gasteiger partial charge >= 0.3 is 0 Å². The summed E-state index contributed by atoms with van der Waals surface area (Å²) in [6.45, 7) is 6.71. The van der Waals surface area contributed by atoms with Gasteiger partial charge in [-0.1, -0.05) is 37.4 Å². The highest BCUT2D eigenvalue weighted by molar-refractivity contribution is 5.55. The molecule has 0 amide bonds. The SMILES string of the molecule is C=CC#N.C=Cc1ccccc1C#N. The summed E-state index contributed by atoms with van der Waals surface area (Å²) in [5, 5.41) is 16.1. The summed E-state index contributed by atoms with van der Waals surface area (Å²) in [6.07, 6.45) is 2.86. The van der Waals surface area contributed by atoms with Gasteiger partial charge in [-0.2, -0.15) is 10.5 Å². The zero-order valence-corrected chi connectivity index (χ0v) is 7.77. The molecule has 1 aromatic carbocycles. The average molecular weight is 182 g/mol. The van der Waals surface area contributed by atoms with Crippen molar-refractivity contribution < 1.29 is 0 Å². The molecule has 0 saturated carbocycles. The van der Waals surface area contributed by atoms with Gasteiger partial charge in [-0.05, 0) is 11.6 Å². The fourth-order valence-corrected chi connectivity index (χ4v) is 0.777. The quantitative estimate of drug-likeness (QED) is 0.627. The Bertz CT molecular complexity index is 392. The first-order valence-electron chi connectivity index (χ1n) is 3.92. The van der Waals surface area contributed by atoms with Crippen molar-refractivity contribution in [3.05, 3.63) is 54.6 Å². The Morgan fingerprint density at radius 3 is 2.07 bits per heavy atom. The van der Waals surface area contributed by atoms with Gasteiger partial charge < -0.3 is 0 Å². The Labute approximate surface area is 84.0 Å². The molecule has 0 unspecified atom stereocenters. The number of hydrogen-bond acceptors (Lipinski definition) is 2. The lowest BCUT2D eigenvalue weighted by atomic mass is 10.1. The van der Waals surface area contributed by atoms with E-state index in [-0.39, 0.29) is 0 Å². The van der Waals surface area contributed by atoms with E-state index in [0.29, 0.717) is 5.56 Å². The number of hydrogen-bond donors (Lipinski definition) is 0. The normalized spacial score (nSPS) is 7.00. The molecular weight excluding hydrogens is 172 g/mol. The van der Waals surface area contributed by atoms with E-state index in [1.54, 1.807) is 18.2 Å². The summed E-state index contributed by atoms with van der Waals surface area (Å²) in [6, 6.07) is 11.1. The molecule has 0 spiro atoms. The Hall–Kier alpha value is -2.32. The van der Waals surface area contributed by atoms with Gasteiger partial charge in [-0.3, -0.25) is 0 Å². The van der Waals surface area contributed by atoms with Crippen molar-refractivity contribution in [1.29, 1.82) is 10.5 Å². The van der Waals surface area contributed by atoms with E-state index < -0.39 is 0 Å². The second-order valence-corrected chi connectivity index (χ2v) is 2.24. The van der Waals surface area contributed by atoms with Crippen LogP contribution in [0, 0.1) is 22.7 Å². The van der Waals surface area contributed by atoms with Gasteiger partial charge in [0.2, 0.25) is 0 Å². The summed E-state index contributed by atoms with van der Waals surface area (Å²) in [4.78, 5) is 0. The van der Waals surface area contributed by atoms with E-state index in [1.807, 2.05) is 18.2 Å². The molecular formula is C12H10N2. The highest BCUT2D eigenvalue weighted by atomic mass is 14.2. The summed E-state index contributed by atoms with van der Waals surface area (Å²) in [7, 11) is 0. The summed E-state index contributed by atoms with van der Waals surface area (Å²) < 4.78 is 0. The van der Waals surface area contributed by atoms with E-state index in [2.05, 4.69) is 19.2 Å². The first-order valence-corrected chi connectivity index (χ1v) is 3.92. The van der Waals surface area contributed by atoms with Crippen molar-refractivity contribution in [3.63, 3.8) is 0 Å². The van der Waals surface area contributed by atoms with Crippen LogP contribution in [0.5, 0.6) is 0 Å². The maximum atomic E-state index is 8.55. The molecule has 0 atom stereocenters. The number of benzene rings is 1. The molecule has 0 aliphatic carbocycles. The largest absolute Gasteiger partial charge is 0.193 e. The van der Waals surface area contributed by atoms with Gasteiger partial charge in [0.15, 0.2) is 0 Å². The van der Waals surface area contributed by atoms with Crippen molar-refractivity contribution in [1.82, 2.24) is 0 Å². The molecule has 14 heavy (non-hydrogen) atoms. The van der Waals surface area contributed by atoms with Crippen LogP contribution in [-0.4, -0.2) is 0 Å². The Morgan fingerprint density at radius 2 is 1.71 bits per heavy atom. The Kier molecular flexibility index (Phi) is 6.12. The van der Waals surface area contributed by atoms with Crippen LogP contribution < -0.4 is 0 Å². The third kappa shape index (κ3) is 3.90. The van der Waals surface area contributed by atoms with E-state index in [9.17, 15) is 0 Å². The number of rotatable bonds is 1. The average Bonchev–Trinajstić information content (AvgIpc) is 2.29. The van der Waals surface area contributed by atoms with Gasteiger partial charge in [0.25, 0.3) is 0 Å². The third-order valence-electron chi connectivity index (χ3n) is 1.39. The van der Waals surface area contributed by atoms with Crippen molar-refractivity contribution in [3.8, 4) is 12.1 Å². The lowest BCUT2D eigenvalue weighted by molar-refractivity contribution is 1.47. The second kappa shape index (κ2) is 7.34. The molecule has 0 N–H and O–H groups in total. The molecule has 0 fully saturated rings.